The Morgan fingerprint density at radius 1 is 1.14 bits per heavy atom. The minimum Gasteiger partial charge on any atom is -0.352 e. The predicted octanol–water partition coefficient (Wildman–Crippen LogP) is 1.52. The second-order valence-corrected chi connectivity index (χ2v) is 7.42. The number of piperidine rings is 1. The first kappa shape index (κ1) is 20.8. The van der Waals surface area contributed by atoms with E-state index in [1.807, 2.05) is 23.1 Å². The van der Waals surface area contributed by atoms with E-state index < -0.39 is 6.03 Å². The molecular weight excluding hydrogens is 372 g/mol. The van der Waals surface area contributed by atoms with Gasteiger partial charge in [0.2, 0.25) is 11.8 Å². The van der Waals surface area contributed by atoms with Gasteiger partial charge in [-0.05, 0) is 37.8 Å². The van der Waals surface area contributed by atoms with Crippen LogP contribution in [0.25, 0.3) is 0 Å². The van der Waals surface area contributed by atoms with Crippen molar-refractivity contribution in [3.05, 3.63) is 35.9 Å². The summed E-state index contributed by atoms with van der Waals surface area (Å²) in [5, 5.41) is 5.55. The summed E-state index contributed by atoms with van der Waals surface area (Å²) in [6.45, 7) is 1.63. The fourth-order valence-corrected chi connectivity index (χ4v) is 3.87. The van der Waals surface area contributed by atoms with Crippen LogP contribution in [0.3, 0.4) is 0 Å². The highest BCUT2D eigenvalue weighted by atomic mass is 16.2. The van der Waals surface area contributed by atoms with Crippen molar-refractivity contribution in [2.24, 2.45) is 0 Å². The Labute approximate surface area is 170 Å². The maximum atomic E-state index is 12.8. The van der Waals surface area contributed by atoms with E-state index in [1.54, 1.807) is 12.1 Å². The van der Waals surface area contributed by atoms with Gasteiger partial charge in [-0.25, -0.2) is 4.79 Å². The van der Waals surface area contributed by atoms with Gasteiger partial charge < -0.3 is 15.5 Å². The van der Waals surface area contributed by atoms with Gasteiger partial charge in [-0.1, -0.05) is 18.2 Å². The fraction of sp³-hybridized carbons (Fsp3) is 0.524. The van der Waals surface area contributed by atoms with E-state index >= 15 is 0 Å². The van der Waals surface area contributed by atoms with E-state index in [4.69, 9.17) is 0 Å². The molecule has 29 heavy (non-hydrogen) atoms. The molecule has 0 aliphatic carbocycles. The van der Waals surface area contributed by atoms with Gasteiger partial charge in [-0.15, -0.1) is 0 Å². The number of nitrogens with zero attached hydrogens (tertiary/aromatic N) is 2. The third-order valence-electron chi connectivity index (χ3n) is 5.46. The number of rotatable bonds is 7. The number of hydrogen-bond acceptors (Lipinski definition) is 4. The maximum Gasteiger partial charge on any atom is 0.324 e. The van der Waals surface area contributed by atoms with Crippen LogP contribution in [0.15, 0.2) is 30.3 Å². The quantitative estimate of drug-likeness (QED) is 0.725. The molecule has 8 nitrogen and oxygen atoms in total. The second-order valence-electron chi connectivity index (χ2n) is 7.42. The Morgan fingerprint density at radius 2 is 1.93 bits per heavy atom. The molecule has 2 N–H and O–H groups in total. The Kier molecular flexibility index (Phi) is 7.21. The molecule has 5 amide bonds. The second kappa shape index (κ2) is 10.0. The molecule has 2 fully saturated rings. The number of nitrogens with one attached hydrogen (secondary N) is 2. The van der Waals surface area contributed by atoms with Gasteiger partial charge in [0.1, 0.15) is 0 Å². The zero-order valence-electron chi connectivity index (χ0n) is 16.6. The Bertz CT molecular complexity index is 736. The van der Waals surface area contributed by atoms with Crippen LogP contribution in [0.1, 0.15) is 48.9 Å². The number of urea groups is 1. The van der Waals surface area contributed by atoms with Gasteiger partial charge >= 0.3 is 6.03 Å². The van der Waals surface area contributed by atoms with Crippen LogP contribution in [-0.4, -0.2) is 65.8 Å². The molecule has 0 spiro atoms. The zero-order chi connectivity index (χ0) is 20.6. The largest absolute Gasteiger partial charge is 0.352 e. The number of carbonyl (C=O) groups excluding carboxylic acids is 4. The van der Waals surface area contributed by atoms with Gasteiger partial charge in [0.25, 0.3) is 5.91 Å². The average Bonchev–Trinajstić information content (AvgIpc) is 2.74. The molecule has 1 aromatic rings. The van der Waals surface area contributed by atoms with Crippen molar-refractivity contribution in [3.8, 4) is 0 Å². The topological polar surface area (TPSA) is 98.8 Å². The molecule has 0 saturated carbocycles. The highest BCUT2D eigenvalue weighted by Crippen LogP contribution is 2.20. The van der Waals surface area contributed by atoms with Crippen LogP contribution >= 0.6 is 0 Å². The summed E-state index contributed by atoms with van der Waals surface area (Å²) in [5.74, 6) is -0.399. The first-order valence-corrected chi connectivity index (χ1v) is 10.3. The summed E-state index contributed by atoms with van der Waals surface area (Å²) in [6, 6.07) is 8.69. The molecule has 0 unspecified atom stereocenters. The Hall–Kier alpha value is -2.90. The molecule has 1 aromatic carbocycles. The molecule has 0 aromatic heterocycles. The molecule has 8 heteroatoms. The number of carbonyl (C=O) groups is 4. The predicted molar refractivity (Wildman–Crippen MR) is 107 cm³/mol. The monoisotopic (exact) mass is 400 g/mol. The Balaban J connectivity index is 1.48. The van der Waals surface area contributed by atoms with E-state index in [1.165, 1.54) is 0 Å². The lowest BCUT2D eigenvalue weighted by molar-refractivity contribution is -0.136. The third kappa shape index (κ3) is 5.56. The van der Waals surface area contributed by atoms with Crippen molar-refractivity contribution in [1.29, 1.82) is 0 Å². The molecule has 0 radical (unpaired) electrons. The van der Waals surface area contributed by atoms with Gasteiger partial charge in [-0.3, -0.25) is 19.3 Å². The van der Waals surface area contributed by atoms with Crippen molar-refractivity contribution in [3.63, 3.8) is 0 Å². The van der Waals surface area contributed by atoms with Crippen molar-refractivity contribution in [1.82, 2.24) is 20.4 Å². The standard InChI is InChI=1S/C21H28N4O4/c26-18-10-13-23-21(29)25(18)15-11-19(27)24-14-5-4-8-17(24)9-12-22-20(28)16-6-2-1-3-7-16/h1-3,6-7,17H,4-5,8-15H2,(H,22,28)(H,23,29)/t17-/m1/s1. The van der Waals surface area contributed by atoms with Crippen LogP contribution in [-0.2, 0) is 9.59 Å². The highest BCUT2D eigenvalue weighted by molar-refractivity contribution is 5.97. The Morgan fingerprint density at radius 3 is 2.69 bits per heavy atom. The van der Waals surface area contributed by atoms with Crippen LogP contribution in [0.4, 0.5) is 4.79 Å². The van der Waals surface area contributed by atoms with E-state index in [2.05, 4.69) is 10.6 Å². The van der Waals surface area contributed by atoms with Gasteiger partial charge in [0.05, 0.1) is 0 Å². The number of imide groups is 1. The van der Waals surface area contributed by atoms with E-state index in [9.17, 15) is 19.2 Å². The number of hydrogen-bond donors (Lipinski definition) is 2. The highest BCUT2D eigenvalue weighted by Gasteiger charge is 2.29. The summed E-state index contributed by atoms with van der Waals surface area (Å²) in [7, 11) is 0. The molecule has 156 valence electrons. The average molecular weight is 400 g/mol. The smallest absolute Gasteiger partial charge is 0.324 e. The van der Waals surface area contributed by atoms with Gasteiger partial charge in [0, 0.05) is 50.6 Å². The van der Waals surface area contributed by atoms with E-state index in [0.717, 1.165) is 24.2 Å². The molecule has 1 atom stereocenters. The first-order chi connectivity index (χ1) is 14.1. The minimum atomic E-state index is -0.423. The van der Waals surface area contributed by atoms with E-state index in [0.29, 0.717) is 31.6 Å². The van der Waals surface area contributed by atoms with Crippen LogP contribution < -0.4 is 10.6 Å². The third-order valence-corrected chi connectivity index (χ3v) is 5.46. The summed E-state index contributed by atoms with van der Waals surface area (Å²) >= 11 is 0. The summed E-state index contributed by atoms with van der Waals surface area (Å²) in [5.41, 5.74) is 0.619. The molecule has 0 bridgehead atoms. The van der Waals surface area contributed by atoms with Gasteiger partial charge in [0.15, 0.2) is 0 Å². The molecule has 2 aliphatic rings. The molecule has 2 saturated heterocycles. The molecule has 3 rings (SSSR count). The normalized spacial score (nSPS) is 19.7. The van der Waals surface area contributed by atoms with Crippen molar-refractivity contribution < 1.29 is 19.2 Å². The number of amides is 5. The fourth-order valence-electron chi connectivity index (χ4n) is 3.87. The van der Waals surface area contributed by atoms with Crippen LogP contribution in [0.2, 0.25) is 0 Å². The zero-order valence-corrected chi connectivity index (χ0v) is 16.6. The number of benzene rings is 1. The first-order valence-electron chi connectivity index (χ1n) is 10.3. The van der Waals surface area contributed by atoms with Crippen LogP contribution in [0.5, 0.6) is 0 Å². The van der Waals surface area contributed by atoms with Crippen molar-refractivity contribution in [2.75, 3.05) is 26.2 Å². The van der Waals surface area contributed by atoms with Crippen LogP contribution in [0, 0.1) is 0 Å². The lowest BCUT2D eigenvalue weighted by Gasteiger charge is -2.36. The SMILES string of the molecule is O=C(NCC[C@H]1CCCCN1C(=O)CCN1C(=O)CCNC1=O)c1ccccc1. The molecule has 2 aliphatic heterocycles. The summed E-state index contributed by atoms with van der Waals surface area (Å²) < 4.78 is 0. The minimum absolute atomic E-state index is 0.0461. The van der Waals surface area contributed by atoms with Gasteiger partial charge in [-0.2, -0.15) is 0 Å². The van der Waals surface area contributed by atoms with Crippen molar-refractivity contribution in [2.45, 2.75) is 44.6 Å². The van der Waals surface area contributed by atoms with Crippen molar-refractivity contribution >= 4 is 23.8 Å². The summed E-state index contributed by atoms with van der Waals surface area (Å²) in [6.07, 6.45) is 3.98. The van der Waals surface area contributed by atoms with E-state index in [-0.39, 0.29) is 43.1 Å². The molecular formula is C21H28N4O4. The lowest BCUT2D eigenvalue weighted by atomic mass is 9.98. The lowest BCUT2D eigenvalue weighted by Crippen LogP contribution is -2.51. The molecule has 2 heterocycles. The number of likely N-dealkylation sites (tertiary alicyclic amines) is 1. The maximum absolute atomic E-state index is 12.8. The summed E-state index contributed by atoms with van der Waals surface area (Å²) in [4.78, 5) is 51.6.